The van der Waals surface area contributed by atoms with Crippen LogP contribution in [0.5, 0.6) is 0 Å². The number of carbonyl (C=O) groups excluding carboxylic acids is 2. The van der Waals surface area contributed by atoms with Crippen molar-refractivity contribution >= 4 is 29.2 Å². The Morgan fingerprint density at radius 1 is 1.19 bits per heavy atom. The molecule has 7 heteroatoms. The summed E-state index contributed by atoms with van der Waals surface area (Å²) in [6.07, 6.45) is 0. The highest BCUT2D eigenvalue weighted by atomic mass is 35.5. The van der Waals surface area contributed by atoms with E-state index in [2.05, 4.69) is 5.32 Å². The Morgan fingerprint density at radius 2 is 1.71 bits per heavy atom. The van der Waals surface area contributed by atoms with Crippen molar-refractivity contribution in [2.75, 3.05) is 5.32 Å². The van der Waals surface area contributed by atoms with Gasteiger partial charge in [0, 0.05) is 24.6 Å². The summed E-state index contributed by atoms with van der Waals surface area (Å²) in [4.78, 5) is 23.7. The van der Waals surface area contributed by atoms with Gasteiger partial charge in [0.25, 0.3) is 5.79 Å². The Morgan fingerprint density at radius 3 is 2.19 bits per heavy atom. The number of rotatable bonds is 2. The largest absolute Gasteiger partial charge is 0.419 e. The number of allylic oxidation sites excluding steroid dienone is 1. The summed E-state index contributed by atoms with van der Waals surface area (Å²) in [5.41, 5.74) is -0.219. The van der Waals surface area contributed by atoms with Crippen LogP contribution < -0.4 is 5.32 Å². The number of benzene rings is 1. The first kappa shape index (κ1) is 14.9. The Hall–Kier alpha value is -2.52. The van der Waals surface area contributed by atoms with Gasteiger partial charge in [-0.15, -0.1) is 0 Å². The fourth-order valence-corrected chi connectivity index (χ4v) is 1.81. The van der Waals surface area contributed by atoms with Crippen molar-refractivity contribution in [1.29, 1.82) is 5.26 Å². The molecule has 1 aliphatic rings. The molecule has 1 aromatic rings. The average Bonchev–Trinajstić information content (AvgIpc) is 2.37. The lowest BCUT2D eigenvalue weighted by Crippen LogP contribution is -2.42. The van der Waals surface area contributed by atoms with E-state index >= 15 is 0 Å². The SMILES string of the molecule is CC1(C)OC(=O)C(=C(C#N)Nc2ccc(Cl)cc2)C(=O)O1. The van der Waals surface area contributed by atoms with Crippen molar-refractivity contribution in [2.45, 2.75) is 19.6 Å². The van der Waals surface area contributed by atoms with E-state index in [1.165, 1.54) is 13.8 Å². The summed E-state index contributed by atoms with van der Waals surface area (Å²) in [7, 11) is 0. The molecule has 0 atom stereocenters. The molecule has 0 aromatic heterocycles. The first-order valence-electron chi connectivity index (χ1n) is 5.96. The van der Waals surface area contributed by atoms with Gasteiger partial charge in [0.1, 0.15) is 11.8 Å². The van der Waals surface area contributed by atoms with E-state index in [0.29, 0.717) is 10.7 Å². The van der Waals surface area contributed by atoms with Crippen LogP contribution in [0, 0.1) is 11.3 Å². The molecule has 0 spiro atoms. The zero-order valence-corrected chi connectivity index (χ0v) is 12.0. The van der Waals surface area contributed by atoms with Gasteiger partial charge in [-0.05, 0) is 24.3 Å². The summed E-state index contributed by atoms with van der Waals surface area (Å²) >= 11 is 5.76. The van der Waals surface area contributed by atoms with Gasteiger partial charge in [-0.1, -0.05) is 11.6 Å². The normalized spacial score (nSPS) is 16.6. The second-order valence-electron chi connectivity index (χ2n) is 4.67. The van der Waals surface area contributed by atoms with Crippen LogP contribution in [0.4, 0.5) is 5.69 Å². The number of cyclic esters (lactones) is 2. The maximum Gasteiger partial charge on any atom is 0.351 e. The zero-order valence-electron chi connectivity index (χ0n) is 11.3. The highest BCUT2D eigenvalue weighted by Gasteiger charge is 2.41. The van der Waals surface area contributed by atoms with Crippen molar-refractivity contribution in [3.8, 4) is 6.07 Å². The standard InChI is InChI=1S/C14H11ClN2O4/c1-14(2)20-12(18)11(13(19)21-14)10(7-16)17-9-5-3-8(15)4-6-9/h3-6,17H,1-2H3. The number of hydrogen-bond acceptors (Lipinski definition) is 6. The van der Waals surface area contributed by atoms with Crippen molar-refractivity contribution in [1.82, 2.24) is 0 Å². The molecule has 21 heavy (non-hydrogen) atoms. The van der Waals surface area contributed by atoms with Crippen LogP contribution in [0.2, 0.25) is 5.02 Å². The number of carbonyl (C=O) groups is 2. The van der Waals surface area contributed by atoms with Crippen LogP contribution in [-0.4, -0.2) is 17.7 Å². The van der Waals surface area contributed by atoms with Crippen LogP contribution in [0.25, 0.3) is 0 Å². The molecule has 0 amide bonds. The third-order valence-electron chi connectivity index (χ3n) is 2.56. The quantitative estimate of drug-likeness (QED) is 0.390. The van der Waals surface area contributed by atoms with Gasteiger partial charge in [-0.2, -0.15) is 5.26 Å². The minimum atomic E-state index is -1.35. The van der Waals surface area contributed by atoms with Crippen LogP contribution in [0.3, 0.4) is 0 Å². The topological polar surface area (TPSA) is 88.4 Å². The maximum absolute atomic E-state index is 11.9. The van der Waals surface area contributed by atoms with E-state index in [1.807, 2.05) is 0 Å². The predicted molar refractivity (Wildman–Crippen MR) is 74.0 cm³/mol. The van der Waals surface area contributed by atoms with Gasteiger partial charge in [0.2, 0.25) is 0 Å². The smallest absolute Gasteiger partial charge is 0.351 e. The lowest BCUT2D eigenvalue weighted by molar-refractivity contribution is -0.222. The molecule has 108 valence electrons. The van der Waals surface area contributed by atoms with E-state index in [1.54, 1.807) is 30.3 Å². The van der Waals surface area contributed by atoms with Crippen LogP contribution >= 0.6 is 11.6 Å². The van der Waals surface area contributed by atoms with Crippen LogP contribution in [-0.2, 0) is 19.1 Å². The molecule has 0 saturated carbocycles. The molecule has 1 aliphatic heterocycles. The number of nitriles is 1. The zero-order chi connectivity index (χ0) is 15.6. The summed E-state index contributed by atoms with van der Waals surface area (Å²) in [5.74, 6) is -3.16. The Kier molecular flexibility index (Phi) is 3.87. The fourth-order valence-electron chi connectivity index (χ4n) is 1.68. The van der Waals surface area contributed by atoms with E-state index in [9.17, 15) is 9.59 Å². The van der Waals surface area contributed by atoms with E-state index in [0.717, 1.165) is 0 Å². The van der Waals surface area contributed by atoms with Gasteiger partial charge in [-0.25, -0.2) is 9.59 Å². The number of halogens is 1. The number of hydrogen-bond donors (Lipinski definition) is 1. The lowest BCUT2D eigenvalue weighted by Gasteiger charge is -2.30. The summed E-state index contributed by atoms with van der Waals surface area (Å²) in [6, 6.07) is 8.16. The summed E-state index contributed by atoms with van der Waals surface area (Å²) in [5, 5.41) is 12.3. The van der Waals surface area contributed by atoms with Crippen LogP contribution in [0.1, 0.15) is 13.8 Å². The van der Waals surface area contributed by atoms with Gasteiger partial charge in [0.15, 0.2) is 5.57 Å². The van der Waals surface area contributed by atoms with E-state index < -0.39 is 23.3 Å². The number of anilines is 1. The minimum Gasteiger partial charge on any atom is -0.419 e. The van der Waals surface area contributed by atoms with Crippen molar-refractivity contribution in [3.05, 3.63) is 40.6 Å². The Balaban J connectivity index is 2.35. The molecular weight excluding hydrogens is 296 g/mol. The first-order chi connectivity index (χ1) is 9.82. The van der Waals surface area contributed by atoms with Gasteiger partial charge >= 0.3 is 11.9 Å². The Bertz CT molecular complexity index is 649. The average molecular weight is 307 g/mol. The van der Waals surface area contributed by atoms with E-state index in [-0.39, 0.29) is 5.70 Å². The number of nitrogens with one attached hydrogen (secondary N) is 1. The Labute approximate surface area is 125 Å². The van der Waals surface area contributed by atoms with Gasteiger partial charge < -0.3 is 14.8 Å². The molecule has 1 aromatic carbocycles. The van der Waals surface area contributed by atoms with Crippen molar-refractivity contribution < 1.29 is 19.1 Å². The second-order valence-corrected chi connectivity index (χ2v) is 5.11. The number of ether oxygens (including phenoxy) is 2. The third-order valence-corrected chi connectivity index (χ3v) is 2.81. The lowest BCUT2D eigenvalue weighted by atomic mass is 10.1. The van der Waals surface area contributed by atoms with Crippen molar-refractivity contribution in [3.63, 3.8) is 0 Å². The molecule has 0 bridgehead atoms. The highest BCUT2D eigenvalue weighted by molar-refractivity contribution is 6.30. The van der Waals surface area contributed by atoms with E-state index in [4.69, 9.17) is 26.3 Å². The molecule has 6 nitrogen and oxygen atoms in total. The molecule has 2 rings (SSSR count). The highest BCUT2D eigenvalue weighted by Crippen LogP contribution is 2.25. The van der Waals surface area contributed by atoms with Crippen molar-refractivity contribution in [2.24, 2.45) is 0 Å². The molecule has 1 fully saturated rings. The summed E-state index contributed by atoms with van der Waals surface area (Å²) < 4.78 is 9.89. The van der Waals surface area contributed by atoms with Gasteiger partial charge in [-0.3, -0.25) is 0 Å². The first-order valence-corrected chi connectivity index (χ1v) is 6.34. The van der Waals surface area contributed by atoms with Gasteiger partial charge in [0.05, 0.1) is 0 Å². The second kappa shape index (κ2) is 5.46. The predicted octanol–water partition coefficient (Wildman–Crippen LogP) is 2.37. The monoisotopic (exact) mass is 306 g/mol. The number of esters is 2. The molecule has 1 heterocycles. The third kappa shape index (κ3) is 3.33. The molecule has 0 radical (unpaired) electrons. The molecule has 0 aliphatic carbocycles. The summed E-state index contributed by atoms with van der Waals surface area (Å²) in [6.45, 7) is 2.86. The molecular formula is C14H11ClN2O4. The fraction of sp³-hybridized carbons (Fsp3) is 0.214. The molecule has 1 N–H and O–H groups in total. The molecule has 1 saturated heterocycles. The maximum atomic E-state index is 11.9. The minimum absolute atomic E-state index is 0.247. The molecule has 0 unspecified atom stereocenters. The van der Waals surface area contributed by atoms with Crippen LogP contribution in [0.15, 0.2) is 35.5 Å². The number of nitrogens with zero attached hydrogens (tertiary/aromatic N) is 1.